The van der Waals surface area contributed by atoms with Crippen molar-refractivity contribution in [2.24, 2.45) is 0 Å². The molecular weight excluding hydrogens is 306 g/mol. The van der Waals surface area contributed by atoms with Crippen LogP contribution in [-0.4, -0.2) is 24.3 Å². The van der Waals surface area contributed by atoms with E-state index in [2.05, 4.69) is 17.2 Å². The lowest BCUT2D eigenvalue weighted by Gasteiger charge is -2.22. The molecule has 1 aromatic rings. The number of amides is 1. The number of hydrogen-bond donors (Lipinski definition) is 1. The van der Waals surface area contributed by atoms with Crippen LogP contribution in [0.3, 0.4) is 0 Å². The Morgan fingerprint density at radius 3 is 2.46 bits per heavy atom. The summed E-state index contributed by atoms with van der Waals surface area (Å²) in [5, 5.41) is 2.69. The highest BCUT2D eigenvalue weighted by atomic mass is 16.6. The molecule has 0 atom stereocenters. The molecule has 0 radical (unpaired) electrons. The standard InChI is InChI=1S/C19H25NO4/c1-5-23-17(21)9-7-6-8-14-19(3,4)24-18(22)20-16-12-10-15(2)11-13-16/h10-13H,5,7,9,14H2,1-4H3,(H,20,22). The van der Waals surface area contributed by atoms with Crippen LogP contribution in [0.5, 0.6) is 0 Å². The van der Waals surface area contributed by atoms with Gasteiger partial charge in [0.25, 0.3) is 0 Å². The predicted molar refractivity (Wildman–Crippen MR) is 93.6 cm³/mol. The number of ether oxygens (including phenoxy) is 2. The maximum absolute atomic E-state index is 11.9. The highest BCUT2D eigenvalue weighted by Crippen LogP contribution is 2.16. The fourth-order valence-electron chi connectivity index (χ4n) is 1.83. The minimum absolute atomic E-state index is 0.250. The summed E-state index contributed by atoms with van der Waals surface area (Å²) in [7, 11) is 0. The van der Waals surface area contributed by atoms with Crippen molar-refractivity contribution < 1.29 is 19.1 Å². The first-order valence-corrected chi connectivity index (χ1v) is 8.00. The van der Waals surface area contributed by atoms with E-state index in [1.807, 2.05) is 31.2 Å². The van der Waals surface area contributed by atoms with Crippen LogP contribution in [0.1, 0.15) is 45.6 Å². The number of aryl methyl sites for hydroxylation is 1. The Hall–Kier alpha value is -2.48. The van der Waals surface area contributed by atoms with Crippen molar-refractivity contribution in [1.82, 2.24) is 0 Å². The van der Waals surface area contributed by atoms with Crippen LogP contribution >= 0.6 is 0 Å². The minimum atomic E-state index is -0.717. The number of benzene rings is 1. The third-order valence-electron chi connectivity index (χ3n) is 3.07. The summed E-state index contributed by atoms with van der Waals surface area (Å²) in [6.07, 6.45) is 0.578. The molecule has 0 aliphatic carbocycles. The van der Waals surface area contributed by atoms with Crippen LogP contribution in [0.2, 0.25) is 0 Å². The van der Waals surface area contributed by atoms with Crippen LogP contribution in [0.25, 0.3) is 0 Å². The molecule has 0 saturated heterocycles. The van der Waals surface area contributed by atoms with E-state index >= 15 is 0 Å². The van der Waals surface area contributed by atoms with Gasteiger partial charge in [-0.15, -0.1) is 5.92 Å². The monoisotopic (exact) mass is 331 g/mol. The third kappa shape index (κ3) is 8.23. The van der Waals surface area contributed by atoms with Crippen molar-refractivity contribution in [3.63, 3.8) is 0 Å². The molecule has 0 aliphatic heterocycles. The Balaban J connectivity index is 2.38. The number of carbonyl (C=O) groups is 2. The average Bonchev–Trinajstić information content (AvgIpc) is 2.49. The Kier molecular flexibility index (Phi) is 7.84. The predicted octanol–water partition coefficient (Wildman–Crippen LogP) is 4.06. The highest BCUT2D eigenvalue weighted by Gasteiger charge is 2.21. The van der Waals surface area contributed by atoms with Gasteiger partial charge in [0, 0.05) is 18.5 Å². The van der Waals surface area contributed by atoms with Gasteiger partial charge >= 0.3 is 12.1 Å². The molecule has 1 N–H and O–H groups in total. The van der Waals surface area contributed by atoms with E-state index in [0.29, 0.717) is 25.1 Å². The number of rotatable bonds is 6. The second-order valence-corrected chi connectivity index (χ2v) is 5.98. The second kappa shape index (κ2) is 9.61. The molecule has 1 aromatic carbocycles. The molecule has 0 saturated carbocycles. The van der Waals surface area contributed by atoms with Gasteiger partial charge in [-0.2, -0.15) is 0 Å². The summed E-state index contributed by atoms with van der Waals surface area (Å²) < 4.78 is 10.2. The zero-order valence-electron chi connectivity index (χ0n) is 14.8. The van der Waals surface area contributed by atoms with Crippen LogP contribution in [0, 0.1) is 18.8 Å². The van der Waals surface area contributed by atoms with Crippen LogP contribution in [-0.2, 0) is 14.3 Å². The zero-order valence-corrected chi connectivity index (χ0v) is 14.8. The van der Waals surface area contributed by atoms with E-state index in [9.17, 15) is 9.59 Å². The summed E-state index contributed by atoms with van der Waals surface area (Å²) in [6, 6.07) is 7.46. The van der Waals surface area contributed by atoms with Crippen molar-refractivity contribution >= 4 is 17.7 Å². The molecule has 0 aromatic heterocycles. The van der Waals surface area contributed by atoms with Crippen molar-refractivity contribution in [2.45, 2.75) is 52.6 Å². The molecule has 24 heavy (non-hydrogen) atoms. The van der Waals surface area contributed by atoms with E-state index < -0.39 is 11.7 Å². The molecule has 0 bridgehead atoms. The first-order valence-electron chi connectivity index (χ1n) is 8.00. The number of esters is 1. The van der Waals surface area contributed by atoms with Crippen LogP contribution in [0.15, 0.2) is 24.3 Å². The summed E-state index contributed by atoms with van der Waals surface area (Å²) in [5.41, 5.74) is 1.08. The molecule has 5 nitrogen and oxygen atoms in total. The highest BCUT2D eigenvalue weighted by molar-refractivity contribution is 5.84. The number of hydrogen-bond acceptors (Lipinski definition) is 4. The van der Waals surface area contributed by atoms with Gasteiger partial charge in [-0.25, -0.2) is 4.79 Å². The average molecular weight is 331 g/mol. The van der Waals surface area contributed by atoms with E-state index in [1.165, 1.54) is 0 Å². The Morgan fingerprint density at radius 2 is 1.83 bits per heavy atom. The van der Waals surface area contributed by atoms with Crippen molar-refractivity contribution in [1.29, 1.82) is 0 Å². The van der Waals surface area contributed by atoms with E-state index in [4.69, 9.17) is 9.47 Å². The summed E-state index contributed by atoms with van der Waals surface area (Å²) in [6.45, 7) is 7.71. The van der Waals surface area contributed by atoms with E-state index in [0.717, 1.165) is 5.56 Å². The van der Waals surface area contributed by atoms with Crippen LogP contribution in [0.4, 0.5) is 10.5 Å². The van der Waals surface area contributed by atoms with Gasteiger partial charge in [-0.3, -0.25) is 10.1 Å². The van der Waals surface area contributed by atoms with Crippen molar-refractivity contribution in [3.05, 3.63) is 29.8 Å². The van der Waals surface area contributed by atoms with Gasteiger partial charge in [0.1, 0.15) is 5.60 Å². The fourth-order valence-corrected chi connectivity index (χ4v) is 1.83. The lowest BCUT2D eigenvalue weighted by atomic mass is 10.1. The Morgan fingerprint density at radius 1 is 1.17 bits per heavy atom. The maximum atomic E-state index is 11.9. The number of carbonyl (C=O) groups excluding carboxylic acids is 2. The van der Waals surface area contributed by atoms with Crippen molar-refractivity contribution in [3.8, 4) is 11.8 Å². The number of nitrogens with one attached hydrogen (secondary N) is 1. The maximum Gasteiger partial charge on any atom is 0.412 e. The van der Waals surface area contributed by atoms with Gasteiger partial charge in [-0.1, -0.05) is 23.6 Å². The number of anilines is 1. The van der Waals surface area contributed by atoms with E-state index in [1.54, 1.807) is 20.8 Å². The van der Waals surface area contributed by atoms with Gasteiger partial charge in [0.2, 0.25) is 0 Å². The zero-order chi connectivity index (χ0) is 18.0. The lowest BCUT2D eigenvalue weighted by molar-refractivity contribution is -0.142. The van der Waals surface area contributed by atoms with Crippen molar-refractivity contribution in [2.75, 3.05) is 11.9 Å². The molecule has 0 heterocycles. The summed E-state index contributed by atoms with van der Waals surface area (Å²) in [4.78, 5) is 23.1. The molecule has 1 amide bonds. The van der Waals surface area contributed by atoms with Gasteiger partial charge in [0.15, 0.2) is 0 Å². The minimum Gasteiger partial charge on any atom is -0.466 e. The van der Waals surface area contributed by atoms with Gasteiger partial charge < -0.3 is 9.47 Å². The van der Waals surface area contributed by atoms with Gasteiger partial charge in [-0.05, 0) is 39.8 Å². The fraction of sp³-hybridized carbons (Fsp3) is 0.474. The molecule has 0 spiro atoms. The summed E-state index contributed by atoms with van der Waals surface area (Å²) >= 11 is 0. The molecule has 0 aliphatic rings. The summed E-state index contributed by atoms with van der Waals surface area (Å²) in [5.74, 6) is 5.58. The Labute approximate surface area is 143 Å². The third-order valence-corrected chi connectivity index (χ3v) is 3.07. The normalized spacial score (nSPS) is 10.3. The van der Waals surface area contributed by atoms with Crippen LogP contribution < -0.4 is 5.32 Å². The first kappa shape index (κ1) is 19.6. The molecular formula is C19H25NO4. The first-order chi connectivity index (χ1) is 11.3. The molecule has 0 unspecified atom stereocenters. The Bertz CT molecular complexity index is 608. The van der Waals surface area contributed by atoms with Gasteiger partial charge in [0.05, 0.1) is 13.0 Å². The van der Waals surface area contributed by atoms with E-state index in [-0.39, 0.29) is 12.4 Å². The molecule has 5 heteroatoms. The topological polar surface area (TPSA) is 64.6 Å². The second-order valence-electron chi connectivity index (χ2n) is 5.98. The SMILES string of the molecule is CCOC(=O)CCC#CCC(C)(C)OC(=O)Nc1ccc(C)cc1. The molecule has 1 rings (SSSR count). The quantitative estimate of drug-likeness (QED) is 0.630. The lowest BCUT2D eigenvalue weighted by Crippen LogP contribution is -2.30. The largest absolute Gasteiger partial charge is 0.466 e. The molecule has 0 fully saturated rings. The smallest absolute Gasteiger partial charge is 0.412 e. The molecule has 130 valence electrons.